The van der Waals surface area contributed by atoms with Crippen molar-refractivity contribution in [3.8, 4) is 0 Å². The number of aromatic nitrogens is 4. The highest BCUT2D eigenvalue weighted by Crippen LogP contribution is 2.31. The number of nitrogens with zero attached hydrogens (tertiary/aromatic N) is 4. The topological polar surface area (TPSA) is 43.6 Å². The molecule has 0 aliphatic heterocycles. The summed E-state index contributed by atoms with van der Waals surface area (Å²) in [5.41, 5.74) is 0. The predicted molar refractivity (Wildman–Crippen MR) is 57.2 cm³/mol. The van der Waals surface area contributed by atoms with E-state index in [4.69, 9.17) is 0 Å². The van der Waals surface area contributed by atoms with E-state index in [0.29, 0.717) is 6.04 Å². The first-order valence-electron chi connectivity index (χ1n) is 4.70. The van der Waals surface area contributed by atoms with Crippen LogP contribution >= 0.6 is 22.6 Å². The average Bonchev–Trinajstić information content (AvgIpc) is 2.53. The highest BCUT2D eigenvalue weighted by Gasteiger charge is 2.22. The molecule has 0 atom stereocenters. The second-order valence-electron chi connectivity index (χ2n) is 3.81. The summed E-state index contributed by atoms with van der Waals surface area (Å²) in [6.07, 6.45) is 5.06. The van der Waals surface area contributed by atoms with E-state index in [0.717, 1.165) is 9.75 Å². The van der Waals surface area contributed by atoms with E-state index in [1.807, 2.05) is 4.68 Å². The Morgan fingerprint density at radius 2 is 2.00 bits per heavy atom. The Morgan fingerprint density at radius 1 is 1.31 bits per heavy atom. The maximum atomic E-state index is 4.01. The van der Waals surface area contributed by atoms with Crippen molar-refractivity contribution in [3.63, 3.8) is 0 Å². The second kappa shape index (κ2) is 3.89. The van der Waals surface area contributed by atoms with Crippen molar-refractivity contribution in [2.75, 3.05) is 0 Å². The van der Waals surface area contributed by atoms with Crippen LogP contribution in [0.1, 0.15) is 38.6 Å². The van der Waals surface area contributed by atoms with Gasteiger partial charge in [0.1, 0.15) is 0 Å². The molecule has 13 heavy (non-hydrogen) atoms. The van der Waals surface area contributed by atoms with Crippen LogP contribution in [-0.2, 0) is 0 Å². The summed E-state index contributed by atoms with van der Waals surface area (Å²) in [5.74, 6) is 0.880. The Balaban J connectivity index is 2.06. The summed E-state index contributed by atoms with van der Waals surface area (Å²) in [4.78, 5) is 0. The summed E-state index contributed by atoms with van der Waals surface area (Å²) in [6.45, 7) is 2.32. The van der Waals surface area contributed by atoms with E-state index in [2.05, 4.69) is 45.0 Å². The standard InChI is InChI=1S/C8H13IN4/c1-6-2-4-7(5-3-6)13-8(9)10-11-12-13/h6-7H,2-5H2,1H3. The van der Waals surface area contributed by atoms with E-state index < -0.39 is 0 Å². The molecule has 1 heterocycles. The van der Waals surface area contributed by atoms with Crippen LogP contribution in [0, 0.1) is 9.75 Å². The third-order valence-corrected chi connectivity index (χ3v) is 3.49. The van der Waals surface area contributed by atoms with Gasteiger partial charge in [-0.25, -0.2) is 4.68 Å². The number of hydrogen-bond donors (Lipinski definition) is 0. The smallest absolute Gasteiger partial charge is 0.212 e. The van der Waals surface area contributed by atoms with Crippen molar-refractivity contribution in [2.45, 2.75) is 38.6 Å². The maximum Gasteiger partial charge on any atom is 0.212 e. The van der Waals surface area contributed by atoms with Gasteiger partial charge in [-0.05, 0) is 42.0 Å². The average molecular weight is 292 g/mol. The fraction of sp³-hybridized carbons (Fsp3) is 0.875. The maximum absolute atomic E-state index is 4.01. The van der Waals surface area contributed by atoms with Crippen molar-refractivity contribution in [2.24, 2.45) is 5.92 Å². The zero-order valence-corrected chi connectivity index (χ0v) is 9.81. The second-order valence-corrected chi connectivity index (χ2v) is 4.77. The first-order valence-corrected chi connectivity index (χ1v) is 5.78. The Kier molecular flexibility index (Phi) is 2.80. The highest BCUT2D eigenvalue weighted by atomic mass is 127. The molecule has 0 aromatic carbocycles. The minimum Gasteiger partial charge on any atom is -0.218 e. The van der Waals surface area contributed by atoms with E-state index >= 15 is 0 Å². The van der Waals surface area contributed by atoms with Crippen LogP contribution in [0.15, 0.2) is 0 Å². The number of halogens is 1. The SMILES string of the molecule is CC1CCC(n2nnnc2I)CC1. The van der Waals surface area contributed by atoms with Gasteiger partial charge in [0.05, 0.1) is 6.04 Å². The quantitative estimate of drug-likeness (QED) is 0.744. The zero-order valence-electron chi connectivity index (χ0n) is 7.65. The molecule has 0 spiro atoms. The molecule has 0 N–H and O–H groups in total. The Bertz CT molecular complexity index is 277. The molecule has 72 valence electrons. The summed E-state index contributed by atoms with van der Waals surface area (Å²) in [7, 11) is 0. The molecule has 1 aliphatic carbocycles. The van der Waals surface area contributed by atoms with Crippen LogP contribution in [0.3, 0.4) is 0 Å². The third kappa shape index (κ3) is 2.00. The van der Waals surface area contributed by atoms with Crippen LogP contribution in [0.5, 0.6) is 0 Å². The van der Waals surface area contributed by atoms with Crippen LogP contribution in [0.25, 0.3) is 0 Å². The summed E-state index contributed by atoms with van der Waals surface area (Å²) in [6, 6.07) is 0.540. The monoisotopic (exact) mass is 292 g/mol. The first kappa shape index (κ1) is 9.36. The highest BCUT2D eigenvalue weighted by molar-refractivity contribution is 14.1. The van der Waals surface area contributed by atoms with Gasteiger partial charge in [0.25, 0.3) is 0 Å². The lowest BCUT2D eigenvalue weighted by atomic mass is 9.87. The summed E-state index contributed by atoms with van der Waals surface area (Å²) < 4.78 is 2.88. The van der Waals surface area contributed by atoms with Crippen LogP contribution in [0.2, 0.25) is 0 Å². The minimum atomic E-state index is 0.540. The fourth-order valence-electron chi connectivity index (χ4n) is 1.89. The van der Waals surface area contributed by atoms with Crippen molar-refractivity contribution < 1.29 is 0 Å². The lowest BCUT2D eigenvalue weighted by Crippen LogP contribution is -2.19. The van der Waals surface area contributed by atoms with E-state index in [-0.39, 0.29) is 0 Å². The Hall–Kier alpha value is -0.200. The van der Waals surface area contributed by atoms with Gasteiger partial charge in [-0.2, -0.15) is 0 Å². The molecule has 0 amide bonds. The lowest BCUT2D eigenvalue weighted by molar-refractivity contribution is 0.267. The molecule has 0 saturated heterocycles. The first-order chi connectivity index (χ1) is 6.27. The number of rotatable bonds is 1. The fourth-order valence-corrected chi connectivity index (χ4v) is 2.48. The largest absolute Gasteiger partial charge is 0.218 e. The lowest BCUT2D eigenvalue weighted by Gasteiger charge is -2.25. The van der Waals surface area contributed by atoms with Gasteiger partial charge in [-0.3, -0.25) is 0 Å². The Labute approximate surface area is 91.2 Å². The van der Waals surface area contributed by atoms with Crippen LogP contribution < -0.4 is 0 Å². The molecule has 0 unspecified atom stereocenters. The van der Waals surface area contributed by atoms with E-state index in [9.17, 15) is 0 Å². The molecule has 1 aromatic heterocycles. The van der Waals surface area contributed by atoms with Crippen LogP contribution in [0.4, 0.5) is 0 Å². The van der Waals surface area contributed by atoms with Crippen molar-refractivity contribution >= 4 is 22.6 Å². The van der Waals surface area contributed by atoms with Gasteiger partial charge in [-0.15, -0.1) is 5.10 Å². The van der Waals surface area contributed by atoms with E-state index in [1.165, 1.54) is 25.7 Å². The molecule has 5 heteroatoms. The molecule has 2 rings (SSSR count). The van der Waals surface area contributed by atoms with Gasteiger partial charge < -0.3 is 0 Å². The molecule has 1 fully saturated rings. The summed E-state index contributed by atoms with van der Waals surface area (Å²) >= 11 is 2.19. The summed E-state index contributed by atoms with van der Waals surface area (Å²) in [5, 5.41) is 11.6. The molecular weight excluding hydrogens is 279 g/mol. The molecule has 1 aliphatic rings. The number of tetrazole rings is 1. The van der Waals surface area contributed by atoms with E-state index in [1.54, 1.807) is 0 Å². The van der Waals surface area contributed by atoms with Gasteiger partial charge in [-0.1, -0.05) is 6.92 Å². The van der Waals surface area contributed by atoms with Gasteiger partial charge in [0.15, 0.2) is 0 Å². The molecule has 1 aromatic rings. The molecule has 4 nitrogen and oxygen atoms in total. The van der Waals surface area contributed by atoms with Gasteiger partial charge in [0.2, 0.25) is 3.83 Å². The van der Waals surface area contributed by atoms with Gasteiger partial charge in [0, 0.05) is 22.6 Å². The van der Waals surface area contributed by atoms with Crippen molar-refractivity contribution in [1.82, 2.24) is 20.2 Å². The molecule has 1 saturated carbocycles. The van der Waals surface area contributed by atoms with Crippen LogP contribution in [-0.4, -0.2) is 20.2 Å². The minimum absolute atomic E-state index is 0.540. The van der Waals surface area contributed by atoms with Crippen molar-refractivity contribution in [1.29, 1.82) is 0 Å². The predicted octanol–water partition coefficient (Wildman–Crippen LogP) is 2.03. The Morgan fingerprint density at radius 3 is 2.54 bits per heavy atom. The molecular formula is C8H13IN4. The van der Waals surface area contributed by atoms with Crippen molar-refractivity contribution in [3.05, 3.63) is 3.83 Å². The molecule has 0 radical (unpaired) electrons. The molecule has 0 bridgehead atoms. The normalized spacial score (nSPS) is 29.1. The van der Waals surface area contributed by atoms with Gasteiger partial charge >= 0.3 is 0 Å². The number of hydrogen-bond acceptors (Lipinski definition) is 3. The zero-order chi connectivity index (χ0) is 9.26. The third-order valence-electron chi connectivity index (χ3n) is 2.78.